The van der Waals surface area contributed by atoms with Gasteiger partial charge in [-0.1, -0.05) is 13.8 Å². The third kappa shape index (κ3) is 3.84. The van der Waals surface area contributed by atoms with Crippen LogP contribution in [0, 0.1) is 0 Å². The van der Waals surface area contributed by atoms with Gasteiger partial charge >= 0.3 is 16.2 Å². The maximum absolute atomic E-state index is 12.1. The predicted molar refractivity (Wildman–Crippen MR) is 67.6 cm³/mol. The Labute approximate surface area is 107 Å². The minimum Gasteiger partial charge on any atom is -0.466 e. The first-order valence-electron chi connectivity index (χ1n) is 5.77. The van der Waals surface area contributed by atoms with Gasteiger partial charge in [0.05, 0.1) is 7.11 Å². The summed E-state index contributed by atoms with van der Waals surface area (Å²) in [4.78, 5) is 3.81. The highest BCUT2D eigenvalue weighted by Crippen LogP contribution is 2.10. The minimum absolute atomic E-state index is 0.0454. The molecule has 0 saturated heterocycles. The molecular weight excluding hydrogens is 258 g/mol. The smallest absolute Gasteiger partial charge is 0.336 e. The number of rotatable bonds is 8. The summed E-state index contributed by atoms with van der Waals surface area (Å²) >= 11 is 0. The molecule has 2 N–H and O–H groups in total. The van der Waals surface area contributed by atoms with E-state index in [1.807, 2.05) is 13.8 Å². The van der Waals surface area contributed by atoms with Crippen LogP contribution in [0.3, 0.4) is 0 Å². The zero-order chi connectivity index (χ0) is 13.6. The van der Waals surface area contributed by atoms with Gasteiger partial charge in [-0.2, -0.15) is 17.7 Å². The van der Waals surface area contributed by atoms with Crippen molar-refractivity contribution in [2.75, 3.05) is 24.9 Å². The minimum atomic E-state index is -3.60. The van der Waals surface area contributed by atoms with E-state index in [-0.39, 0.29) is 12.0 Å². The van der Waals surface area contributed by atoms with Gasteiger partial charge in [0.15, 0.2) is 0 Å². The number of nitrogens with zero attached hydrogens (tertiary/aromatic N) is 3. The van der Waals surface area contributed by atoms with Crippen molar-refractivity contribution in [3.63, 3.8) is 0 Å². The molecule has 0 saturated carbocycles. The summed E-state index contributed by atoms with van der Waals surface area (Å²) in [6.07, 6.45) is 1.50. The fourth-order valence-electron chi connectivity index (χ4n) is 1.42. The second-order valence-corrected chi connectivity index (χ2v) is 5.35. The molecule has 1 rings (SSSR count). The lowest BCUT2D eigenvalue weighted by Crippen LogP contribution is -2.37. The number of hydrogen-bond acceptors (Lipinski definition) is 5. The van der Waals surface area contributed by atoms with Crippen LogP contribution in [0.1, 0.15) is 26.7 Å². The average Bonchev–Trinajstić information content (AvgIpc) is 2.75. The van der Waals surface area contributed by atoms with E-state index in [1.165, 1.54) is 11.4 Å². The van der Waals surface area contributed by atoms with Gasteiger partial charge < -0.3 is 4.74 Å². The predicted octanol–water partition coefficient (Wildman–Crippen LogP) is 0.592. The fourth-order valence-corrected chi connectivity index (χ4v) is 2.73. The van der Waals surface area contributed by atoms with Gasteiger partial charge in [-0.3, -0.25) is 0 Å². The molecule has 0 atom stereocenters. The molecule has 0 aliphatic carbocycles. The SMILES string of the molecule is CCCN(CCC)S(=O)(=O)Nc1nc(OC)n[nH]1. The number of aromatic amines is 1. The van der Waals surface area contributed by atoms with E-state index in [0.717, 1.165) is 12.8 Å². The quantitative estimate of drug-likeness (QED) is 0.724. The Morgan fingerprint density at radius 1 is 1.33 bits per heavy atom. The first-order chi connectivity index (χ1) is 8.53. The van der Waals surface area contributed by atoms with Gasteiger partial charge in [0.2, 0.25) is 5.95 Å². The lowest BCUT2D eigenvalue weighted by atomic mass is 10.4. The standard InChI is InChI=1S/C9H19N5O3S/c1-4-6-14(7-5-2)18(15,16)13-8-10-9(17-3)12-11-8/h4-7H2,1-3H3,(H2,10,11,12,13). The van der Waals surface area contributed by atoms with Crippen molar-refractivity contribution < 1.29 is 13.2 Å². The monoisotopic (exact) mass is 277 g/mol. The second-order valence-electron chi connectivity index (χ2n) is 3.68. The molecule has 104 valence electrons. The third-order valence-corrected chi connectivity index (χ3v) is 3.66. The van der Waals surface area contributed by atoms with Crippen molar-refractivity contribution >= 4 is 16.2 Å². The summed E-state index contributed by atoms with van der Waals surface area (Å²) in [6, 6.07) is 0.0882. The lowest BCUT2D eigenvalue weighted by molar-refractivity contribution is 0.382. The van der Waals surface area contributed by atoms with E-state index < -0.39 is 10.2 Å². The van der Waals surface area contributed by atoms with Gasteiger partial charge in [-0.15, -0.1) is 5.10 Å². The number of hydrogen-bond donors (Lipinski definition) is 2. The molecule has 0 aromatic carbocycles. The summed E-state index contributed by atoms with van der Waals surface area (Å²) in [6.45, 7) is 4.79. The number of ether oxygens (including phenoxy) is 1. The molecule has 0 aliphatic heterocycles. The first-order valence-corrected chi connectivity index (χ1v) is 7.21. The number of aromatic nitrogens is 3. The maximum Gasteiger partial charge on any atom is 0.336 e. The Bertz CT molecular complexity index is 453. The van der Waals surface area contributed by atoms with Crippen LogP contribution in [0.2, 0.25) is 0 Å². The molecule has 8 nitrogen and oxygen atoms in total. The number of methoxy groups -OCH3 is 1. The topological polar surface area (TPSA) is 100 Å². The summed E-state index contributed by atoms with van der Waals surface area (Å²) < 4.78 is 32.6. The van der Waals surface area contributed by atoms with Crippen LogP contribution in [-0.2, 0) is 10.2 Å². The van der Waals surface area contributed by atoms with Gasteiger partial charge in [0.25, 0.3) is 0 Å². The number of anilines is 1. The zero-order valence-electron chi connectivity index (χ0n) is 10.8. The van der Waals surface area contributed by atoms with Crippen LogP contribution in [0.4, 0.5) is 5.95 Å². The number of H-pyrrole nitrogens is 1. The molecule has 1 aromatic heterocycles. The summed E-state index contributed by atoms with van der Waals surface area (Å²) in [5.41, 5.74) is 0. The van der Waals surface area contributed by atoms with Crippen molar-refractivity contribution in [1.29, 1.82) is 0 Å². The molecule has 0 aliphatic rings. The average molecular weight is 277 g/mol. The zero-order valence-corrected chi connectivity index (χ0v) is 11.6. The van der Waals surface area contributed by atoms with Crippen LogP contribution in [0.5, 0.6) is 6.01 Å². The van der Waals surface area contributed by atoms with E-state index in [9.17, 15) is 8.42 Å². The van der Waals surface area contributed by atoms with E-state index >= 15 is 0 Å². The highest BCUT2D eigenvalue weighted by atomic mass is 32.2. The summed E-state index contributed by atoms with van der Waals surface area (Å²) in [5.74, 6) is 0.0454. The van der Waals surface area contributed by atoms with Crippen molar-refractivity contribution in [1.82, 2.24) is 19.5 Å². The first kappa shape index (κ1) is 14.7. The molecular formula is C9H19N5O3S. The molecule has 0 spiro atoms. The molecule has 1 heterocycles. The molecule has 9 heteroatoms. The Kier molecular flexibility index (Phi) is 5.35. The maximum atomic E-state index is 12.1. The molecule has 0 radical (unpaired) electrons. The molecule has 0 bridgehead atoms. The van der Waals surface area contributed by atoms with Gasteiger partial charge in [0, 0.05) is 13.1 Å². The Hall–Kier alpha value is -1.35. The molecule has 0 unspecified atom stereocenters. The Morgan fingerprint density at radius 2 is 1.94 bits per heavy atom. The van der Waals surface area contributed by atoms with Gasteiger partial charge in [-0.25, -0.2) is 9.82 Å². The lowest BCUT2D eigenvalue weighted by Gasteiger charge is -2.20. The highest BCUT2D eigenvalue weighted by molar-refractivity contribution is 7.90. The van der Waals surface area contributed by atoms with Crippen molar-refractivity contribution in [2.24, 2.45) is 0 Å². The molecule has 0 amide bonds. The fraction of sp³-hybridized carbons (Fsp3) is 0.778. The van der Waals surface area contributed by atoms with Crippen molar-refractivity contribution in [3.05, 3.63) is 0 Å². The molecule has 0 fully saturated rings. The van der Waals surface area contributed by atoms with Crippen molar-refractivity contribution in [3.8, 4) is 6.01 Å². The van der Waals surface area contributed by atoms with Crippen LogP contribution >= 0.6 is 0 Å². The summed E-state index contributed by atoms with van der Waals surface area (Å²) in [5, 5.41) is 6.12. The van der Waals surface area contributed by atoms with Gasteiger partial charge in [-0.05, 0) is 12.8 Å². The Morgan fingerprint density at radius 3 is 2.39 bits per heavy atom. The molecule has 18 heavy (non-hydrogen) atoms. The normalized spacial score (nSPS) is 11.8. The number of nitrogens with one attached hydrogen (secondary N) is 2. The van der Waals surface area contributed by atoms with Gasteiger partial charge in [0.1, 0.15) is 0 Å². The molecule has 1 aromatic rings. The van der Waals surface area contributed by atoms with Crippen LogP contribution in [-0.4, -0.2) is 48.1 Å². The van der Waals surface area contributed by atoms with Crippen LogP contribution in [0.15, 0.2) is 0 Å². The van der Waals surface area contributed by atoms with E-state index in [0.29, 0.717) is 13.1 Å². The van der Waals surface area contributed by atoms with E-state index in [1.54, 1.807) is 0 Å². The van der Waals surface area contributed by atoms with Crippen LogP contribution in [0.25, 0.3) is 0 Å². The highest BCUT2D eigenvalue weighted by Gasteiger charge is 2.21. The third-order valence-electron chi connectivity index (χ3n) is 2.16. The second kappa shape index (κ2) is 6.55. The summed E-state index contributed by atoms with van der Waals surface area (Å²) in [7, 11) is -2.20. The largest absolute Gasteiger partial charge is 0.466 e. The van der Waals surface area contributed by atoms with E-state index in [2.05, 4.69) is 19.9 Å². The Balaban J connectivity index is 2.78. The van der Waals surface area contributed by atoms with Crippen molar-refractivity contribution in [2.45, 2.75) is 26.7 Å². The van der Waals surface area contributed by atoms with E-state index in [4.69, 9.17) is 4.74 Å². The van der Waals surface area contributed by atoms with Crippen LogP contribution < -0.4 is 9.46 Å².